The van der Waals surface area contributed by atoms with Crippen LogP contribution in [0.1, 0.15) is 30.5 Å². The molecular weight excluding hydrogens is 286 g/mol. The van der Waals surface area contributed by atoms with Crippen LogP contribution >= 0.6 is 11.3 Å². The molecule has 5 heteroatoms. The van der Waals surface area contributed by atoms with Gasteiger partial charge in [-0.3, -0.25) is 0 Å². The number of rotatable bonds is 5. The van der Waals surface area contributed by atoms with Gasteiger partial charge in [0.2, 0.25) is 0 Å². The summed E-state index contributed by atoms with van der Waals surface area (Å²) in [4.78, 5) is 4.38. The summed E-state index contributed by atoms with van der Waals surface area (Å²) in [7, 11) is 0. The lowest BCUT2D eigenvalue weighted by atomic mass is 10.2. The number of hydrogen-bond acceptors (Lipinski definition) is 5. The molecule has 112 valence electrons. The third kappa shape index (κ3) is 3.68. The van der Waals surface area contributed by atoms with Crippen molar-refractivity contribution in [1.82, 2.24) is 4.98 Å². The average Bonchev–Trinajstić information content (AvgIpc) is 3.11. The van der Waals surface area contributed by atoms with Crippen LogP contribution in [0, 0.1) is 0 Å². The highest BCUT2D eigenvalue weighted by Gasteiger charge is 2.39. The van der Waals surface area contributed by atoms with Crippen molar-refractivity contribution in [3.63, 3.8) is 0 Å². The number of hydrogen-bond donors (Lipinski definition) is 0. The summed E-state index contributed by atoms with van der Waals surface area (Å²) < 4.78 is 17.7. The molecule has 0 spiro atoms. The van der Waals surface area contributed by atoms with Crippen molar-refractivity contribution in [2.75, 3.05) is 6.61 Å². The van der Waals surface area contributed by atoms with E-state index in [1.807, 2.05) is 37.4 Å². The Bertz CT molecular complexity index is 556. The van der Waals surface area contributed by atoms with Gasteiger partial charge in [0.15, 0.2) is 5.79 Å². The minimum atomic E-state index is -0.559. The fourth-order valence-corrected chi connectivity index (χ4v) is 3.07. The van der Waals surface area contributed by atoms with E-state index in [1.165, 1.54) is 0 Å². The van der Waals surface area contributed by atoms with Crippen molar-refractivity contribution >= 4 is 11.3 Å². The lowest BCUT2D eigenvalue weighted by Gasteiger charge is -2.23. The molecule has 1 fully saturated rings. The van der Waals surface area contributed by atoms with Crippen LogP contribution in [0.15, 0.2) is 41.9 Å². The van der Waals surface area contributed by atoms with E-state index in [9.17, 15) is 0 Å². The van der Waals surface area contributed by atoms with E-state index >= 15 is 0 Å². The maximum absolute atomic E-state index is 6.09. The van der Waals surface area contributed by atoms with Crippen LogP contribution in [0.2, 0.25) is 0 Å². The Morgan fingerprint density at radius 3 is 2.81 bits per heavy atom. The summed E-state index contributed by atoms with van der Waals surface area (Å²) in [6, 6.07) is 10.1. The Kier molecular flexibility index (Phi) is 4.35. The van der Waals surface area contributed by atoms with E-state index in [-0.39, 0.29) is 12.2 Å². The first-order chi connectivity index (χ1) is 10.1. The number of thiazole rings is 1. The molecule has 1 aromatic carbocycles. The van der Waals surface area contributed by atoms with Gasteiger partial charge in [-0.15, -0.1) is 11.3 Å². The van der Waals surface area contributed by atoms with Gasteiger partial charge in [-0.2, -0.15) is 0 Å². The normalized spacial score (nSPS) is 22.3. The van der Waals surface area contributed by atoms with Crippen LogP contribution in [0.25, 0.3) is 0 Å². The van der Waals surface area contributed by atoms with E-state index in [0.717, 1.165) is 10.6 Å². The molecule has 0 aliphatic carbocycles. The molecule has 0 amide bonds. The van der Waals surface area contributed by atoms with Crippen molar-refractivity contribution in [3.05, 3.63) is 52.5 Å². The molecule has 0 N–H and O–H groups in total. The van der Waals surface area contributed by atoms with Crippen LogP contribution in [0.5, 0.6) is 0 Å². The molecule has 1 aromatic heterocycles. The van der Waals surface area contributed by atoms with Gasteiger partial charge >= 0.3 is 0 Å². The van der Waals surface area contributed by atoms with Gasteiger partial charge in [0, 0.05) is 11.6 Å². The van der Waals surface area contributed by atoms with E-state index < -0.39 is 5.79 Å². The third-order valence-electron chi connectivity index (χ3n) is 3.34. The molecule has 0 radical (unpaired) electrons. The predicted octanol–water partition coefficient (Wildman–Crippen LogP) is 3.55. The minimum absolute atomic E-state index is 0.130. The zero-order chi connectivity index (χ0) is 14.7. The molecular formula is C16H19NO3S. The van der Waals surface area contributed by atoms with Crippen molar-refractivity contribution < 1.29 is 14.2 Å². The highest BCUT2D eigenvalue weighted by atomic mass is 32.1. The second-order valence-electron chi connectivity index (χ2n) is 5.45. The van der Waals surface area contributed by atoms with Crippen molar-refractivity contribution in [2.45, 2.75) is 38.4 Å². The molecule has 1 saturated heterocycles. The minimum Gasteiger partial charge on any atom is -0.364 e. The zero-order valence-electron chi connectivity index (χ0n) is 12.2. The Labute approximate surface area is 128 Å². The maximum atomic E-state index is 6.09. The molecule has 0 unspecified atom stereocenters. The van der Waals surface area contributed by atoms with Crippen molar-refractivity contribution in [1.29, 1.82) is 0 Å². The second-order valence-corrected chi connectivity index (χ2v) is 6.38. The van der Waals surface area contributed by atoms with Gasteiger partial charge in [-0.1, -0.05) is 30.3 Å². The van der Waals surface area contributed by atoms with E-state index in [2.05, 4.69) is 17.1 Å². The molecule has 3 rings (SSSR count). The Morgan fingerprint density at radius 1 is 1.38 bits per heavy atom. The lowest BCUT2D eigenvalue weighted by molar-refractivity contribution is -0.158. The average molecular weight is 305 g/mol. The number of aromatic nitrogens is 1. The molecule has 1 aliphatic rings. The van der Waals surface area contributed by atoms with E-state index in [0.29, 0.717) is 13.2 Å². The third-order valence-corrected chi connectivity index (χ3v) is 4.17. The van der Waals surface area contributed by atoms with Crippen molar-refractivity contribution in [2.24, 2.45) is 0 Å². The van der Waals surface area contributed by atoms with Gasteiger partial charge in [-0.05, 0) is 19.4 Å². The second kappa shape index (κ2) is 6.23. The van der Waals surface area contributed by atoms with Gasteiger partial charge in [0.05, 0.1) is 13.2 Å². The highest BCUT2D eigenvalue weighted by Crippen LogP contribution is 2.34. The topological polar surface area (TPSA) is 40.6 Å². The molecule has 2 aromatic rings. The van der Waals surface area contributed by atoms with Crippen LogP contribution in [0.3, 0.4) is 0 Å². The summed E-state index contributed by atoms with van der Waals surface area (Å²) >= 11 is 1.58. The van der Waals surface area contributed by atoms with Gasteiger partial charge in [0.1, 0.15) is 17.2 Å². The zero-order valence-corrected chi connectivity index (χ0v) is 13.0. The fourth-order valence-electron chi connectivity index (χ4n) is 2.34. The van der Waals surface area contributed by atoms with Crippen LogP contribution < -0.4 is 0 Å². The Balaban J connectivity index is 1.71. The van der Waals surface area contributed by atoms with Crippen molar-refractivity contribution in [3.8, 4) is 0 Å². The number of nitrogens with zero attached hydrogens (tertiary/aromatic N) is 1. The monoisotopic (exact) mass is 305 g/mol. The quantitative estimate of drug-likeness (QED) is 0.847. The molecule has 1 aliphatic heterocycles. The van der Waals surface area contributed by atoms with Crippen LogP contribution in [-0.4, -0.2) is 23.5 Å². The molecule has 4 nitrogen and oxygen atoms in total. The SMILES string of the molecule is CC1(C)OC[C@H]([C@@H](OCc2ccccc2)c2nccs2)O1. The molecule has 2 atom stereocenters. The molecule has 0 bridgehead atoms. The Hall–Kier alpha value is -1.27. The van der Waals surface area contributed by atoms with Gasteiger partial charge in [-0.25, -0.2) is 4.98 Å². The lowest BCUT2D eigenvalue weighted by Crippen LogP contribution is -2.27. The Morgan fingerprint density at radius 2 is 2.19 bits per heavy atom. The summed E-state index contributed by atoms with van der Waals surface area (Å²) in [6.07, 6.45) is 1.46. The predicted molar refractivity (Wildman–Crippen MR) is 81.0 cm³/mol. The van der Waals surface area contributed by atoms with Crippen LogP contribution in [-0.2, 0) is 20.8 Å². The fraction of sp³-hybridized carbons (Fsp3) is 0.438. The number of ether oxygens (including phenoxy) is 3. The summed E-state index contributed by atoms with van der Waals surface area (Å²) in [6.45, 7) is 4.89. The standard InChI is InChI=1S/C16H19NO3S/c1-16(2)19-11-13(20-16)14(15-17-8-9-21-15)18-10-12-6-4-3-5-7-12/h3-9,13-14H,10-11H2,1-2H3/t13-,14-/m1/s1. The summed E-state index contributed by atoms with van der Waals surface area (Å²) in [5, 5.41) is 2.88. The first-order valence-electron chi connectivity index (χ1n) is 7.01. The van der Waals surface area contributed by atoms with Gasteiger partial charge < -0.3 is 14.2 Å². The first-order valence-corrected chi connectivity index (χ1v) is 7.89. The summed E-state index contributed by atoms with van der Waals surface area (Å²) in [5.41, 5.74) is 1.14. The maximum Gasteiger partial charge on any atom is 0.163 e. The molecule has 0 saturated carbocycles. The molecule has 2 heterocycles. The summed E-state index contributed by atoms with van der Waals surface area (Å²) in [5.74, 6) is -0.559. The van der Waals surface area contributed by atoms with E-state index in [1.54, 1.807) is 17.5 Å². The first kappa shape index (κ1) is 14.7. The van der Waals surface area contributed by atoms with Crippen LogP contribution in [0.4, 0.5) is 0 Å². The number of benzene rings is 1. The van der Waals surface area contributed by atoms with E-state index in [4.69, 9.17) is 14.2 Å². The smallest absolute Gasteiger partial charge is 0.163 e. The van der Waals surface area contributed by atoms with Gasteiger partial charge in [0.25, 0.3) is 0 Å². The highest BCUT2D eigenvalue weighted by molar-refractivity contribution is 7.09. The largest absolute Gasteiger partial charge is 0.364 e. The molecule has 21 heavy (non-hydrogen) atoms.